The average Bonchev–Trinajstić information content (AvgIpc) is 3.20. The van der Waals surface area contributed by atoms with E-state index in [4.69, 9.17) is 5.84 Å². The Bertz CT molecular complexity index is 723. The first kappa shape index (κ1) is 15.6. The molecule has 0 radical (unpaired) electrons. The summed E-state index contributed by atoms with van der Waals surface area (Å²) in [4.78, 5) is 15.2. The maximum absolute atomic E-state index is 9.24. The number of rotatable bonds is 5. The van der Waals surface area contributed by atoms with Gasteiger partial charge in [0.1, 0.15) is 6.07 Å². The third-order valence-electron chi connectivity index (χ3n) is 4.30. The first-order chi connectivity index (χ1) is 11.1. The quantitative estimate of drug-likeness (QED) is 0.646. The summed E-state index contributed by atoms with van der Waals surface area (Å²) < 4.78 is 1.95. The van der Waals surface area contributed by atoms with E-state index in [9.17, 15) is 5.26 Å². The average molecular weight is 314 g/mol. The van der Waals surface area contributed by atoms with E-state index in [1.807, 2.05) is 24.7 Å². The van der Waals surface area contributed by atoms with Crippen LogP contribution in [-0.4, -0.2) is 51.1 Å². The van der Waals surface area contributed by atoms with Crippen molar-refractivity contribution in [3.8, 4) is 6.07 Å². The highest BCUT2D eigenvalue weighted by Gasteiger charge is 2.25. The van der Waals surface area contributed by atoms with E-state index in [0.717, 1.165) is 25.9 Å². The number of hydrogen-bond donors (Lipinski definition) is 1. The molecule has 2 aromatic heterocycles. The Kier molecular flexibility index (Phi) is 4.41. The highest BCUT2D eigenvalue weighted by molar-refractivity contribution is 5.83. The van der Waals surface area contributed by atoms with Crippen LogP contribution in [0, 0.1) is 11.3 Å². The van der Waals surface area contributed by atoms with Crippen molar-refractivity contribution in [3.63, 3.8) is 0 Å². The van der Waals surface area contributed by atoms with Crippen molar-refractivity contribution in [2.24, 2.45) is 5.84 Å². The number of nitrogens with two attached hydrogens (primary N) is 1. The molecule has 23 heavy (non-hydrogen) atoms. The first-order valence-corrected chi connectivity index (χ1v) is 7.92. The number of imidazole rings is 1. The van der Waals surface area contributed by atoms with Crippen LogP contribution < -0.4 is 10.9 Å². The molecule has 8 nitrogen and oxygen atoms in total. The molecule has 0 unspecified atom stereocenters. The number of hydrogen-bond acceptors (Lipinski definition) is 7. The lowest BCUT2D eigenvalue weighted by atomic mass is 10.2. The van der Waals surface area contributed by atoms with Gasteiger partial charge in [-0.05, 0) is 26.9 Å². The fourth-order valence-corrected chi connectivity index (χ4v) is 2.99. The second-order valence-electron chi connectivity index (χ2n) is 6.24. The third-order valence-corrected chi connectivity index (χ3v) is 4.30. The van der Waals surface area contributed by atoms with Crippen molar-refractivity contribution in [2.75, 3.05) is 25.6 Å². The zero-order chi connectivity index (χ0) is 16.4. The molecule has 0 atom stereocenters. The smallest absolute Gasteiger partial charge is 0.236 e. The number of fused-ring (bicyclic) bond motifs is 1. The van der Waals surface area contributed by atoms with Gasteiger partial charge < -0.3 is 9.47 Å². The maximum Gasteiger partial charge on any atom is 0.236 e. The standard InChI is InChI=1S/C15H22N8/c1-21(2)7-8-22-10-18-13-14(22)19-12(9-16)20-15(13)23(17)11-5-3-4-6-11/h10-11H,3-8,17H2,1-2H3. The Morgan fingerprint density at radius 2 is 2.09 bits per heavy atom. The Labute approximate surface area is 135 Å². The van der Waals surface area contributed by atoms with Crippen molar-refractivity contribution in [3.05, 3.63) is 12.2 Å². The van der Waals surface area contributed by atoms with Crippen molar-refractivity contribution in [2.45, 2.75) is 38.3 Å². The Morgan fingerprint density at radius 1 is 1.35 bits per heavy atom. The number of nitriles is 1. The summed E-state index contributed by atoms with van der Waals surface area (Å²) in [6.07, 6.45) is 6.19. The number of nitrogens with zero attached hydrogens (tertiary/aromatic N) is 7. The van der Waals surface area contributed by atoms with E-state index in [-0.39, 0.29) is 11.9 Å². The van der Waals surface area contributed by atoms with E-state index >= 15 is 0 Å². The second kappa shape index (κ2) is 6.48. The molecule has 1 aliphatic carbocycles. The number of hydrazine groups is 1. The summed E-state index contributed by atoms with van der Waals surface area (Å²) in [5, 5.41) is 10.9. The molecule has 0 aromatic carbocycles. The van der Waals surface area contributed by atoms with Crippen LogP contribution in [0.1, 0.15) is 31.5 Å². The molecule has 1 saturated carbocycles. The lowest BCUT2D eigenvalue weighted by molar-refractivity contribution is 0.386. The third kappa shape index (κ3) is 3.11. The molecule has 122 valence electrons. The summed E-state index contributed by atoms with van der Waals surface area (Å²) >= 11 is 0. The summed E-state index contributed by atoms with van der Waals surface area (Å²) in [5.41, 5.74) is 1.33. The Hall–Kier alpha value is -2.24. The fourth-order valence-electron chi connectivity index (χ4n) is 2.99. The largest absolute Gasteiger partial charge is 0.314 e. The molecular weight excluding hydrogens is 292 g/mol. The van der Waals surface area contributed by atoms with Crippen LogP contribution in [0.3, 0.4) is 0 Å². The maximum atomic E-state index is 9.24. The second-order valence-corrected chi connectivity index (χ2v) is 6.24. The van der Waals surface area contributed by atoms with E-state index in [1.54, 1.807) is 11.3 Å². The summed E-state index contributed by atoms with van der Waals surface area (Å²) in [5.74, 6) is 6.99. The number of anilines is 1. The van der Waals surface area contributed by atoms with E-state index in [1.165, 1.54) is 12.8 Å². The van der Waals surface area contributed by atoms with Crippen molar-refractivity contribution < 1.29 is 0 Å². The summed E-state index contributed by atoms with van der Waals surface area (Å²) in [6, 6.07) is 2.29. The van der Waals surface area contributed by atoms with Gasteiger partial charge in [-0.1, -0.05) is 12.8 Å². The van der Waals surface area contributed by atoms with Gasteiger partial charge in [-0.25, -0.2) is 10.8 Å². The Morgan fingerprint density at radius 3 is 2.74 bits per heavy atom. The van der Waals surface area contributed by atoms with Crippen molar-refractivity contribution in [1.82, 2.24) is 24.4 Å². The van der Waals surface area contributed by atoms with Gasteiger partial charge in [0.2, 0.25) is 5.82 Å². The molecule has 1 aliphatic rings. The highest BCUT2D eigenvalue weighted by Crippen LogP contribution is 2.28. The van der Waals surface area contributed by atoms with Gasteiger partial charge in [0, 0.05) is 19.1 Å². The molecule has 2 heterocycles. The predicted molar refractivity (Wildman–Crippen MR) is 87.5 cm³/mol. The minimum absolute atomic E-state index is 0.132. The highest BCUT2D eigenvalue weighted by atomic mass is 15.5. The van der Waals surface area contributed by atoms with Gasteiger partial charge in [0.15, 0.2) is 17.0 Å². The van der Waals surface area contributed by atoms with Gasteiger partial charge in [-0.3, -0.25) is 5.01 Å². The van der Waals surface area contributed by atoms with Crippen LogP contribution in [0.2, 0.25) is 0 Å². The van der Waals surface area contributed by atoms with Crippen LogP contribution in [-0.2, 0) is 6.54 Å². The lowest BCUT2D eigenvalue weighted by Gasteiger charge is -2.24. The number of likely N-dealkylation sites (N-methyl/N-ethyl adjacent to an activating group) is 1. The molecule has 8 heteroatoms. The summed E-state index contributed by atoms with van der Waals surface area (Å²) in [6.45, 7) is 1.61. The molecular formula is C15H22N8. The normalized spacial score (nSPS) is 15.4. The van der Waals surface area contributed by atoms with Crippen LogP contribution in [0.4, 0.5) is 5.82 Å². The molecule has 0 spiro atoms. The van der Waals surface area contributed by atoms with Gasteiger partial charge in [0.05, 0.1) is 6.33 Å². The minimum Gasteiger partial charge on any atom is -0.314 e. The molecule has 0 bridgehead atoms. The van der Waals surface area contributed by atoms with E-state index in [2.05, 4.69) is 19.9 Å². The SMILES string of the molecule is CN(C)CCn1cnc2c(N(N)C3CCCC3)nc(C#N)nc21. The molecule has 2 N–H and O–H groups in total. The van der Waals surface area contributed by atoms with Gasteiger partial charge in [-0.2, -0.15) is 15.2 Å². The fraction of sp³-hybridized carbons (Fsp3) is 0.600. The topological polar surface area (TPSA) is 99.9 Å². The molecule has 3 rings (SSSR count). The van der Waals surface area contributed by atoms with Crippen molar-refractivity contribution >= 4 is 17.0 Å². The van der Waals surface area contributed by atoms with Crippen LogP contribution in [0.25, 0.3) is 11.2 Å². The predicted octanol–water partition coefficient (Wildman–Crippen LogP) is 0.882. The lowest BCUT2D eigenvalue weighted by Crippen LogP contribution is -2.40. The zero-order valence-electron chi connectivity index (χ0n) is 13.6. The van der Waals surface area contributed by atoms with Crippen LogP contribution >= 0.6 is 0 Å². The molecule has 0 aliphatic heterocycles. The zero-order valence-corrected chi connectivity index (χ0v) is 13.6. The first-order valence-electron chi connectivity index (χ1n) is 7.92. The summed E-state index contributed by atoms with van der Waals surface area (Å²) in [7, 11) is 4.03. The molecule has 0 saturated heterocycles. The molecule has 2 aromatic rings. The number of aromatic nitrogens is 4. The van der Waals surface area contributed by atoms with Gasteiger partial charge >= 0.3 is 0 Å². The minimum atomic E-state index is 0.132. The van der Waals surface area contributed by atoms with Gasteiger partial charge in [-0.15, -0.1) is 0 Å². The monoisotopic (exact) mass is 314 g/mol. The van der Waals surface area contributed by atoms with E-state index < -0.39 is 0 Å². The van der Waals surface area contributed by atoms with Crippen LogP contribution in [0.5, 0.6) is 0 Å². The Balaban J connectivity index is 2.01. The molecule has 1 fully saturated rings. The van der Waals surface area contributed by atoms with E-state index in [0.29, 0.717) is 17.0 Å². The van der Waals surface area contributed by atoms with Crippen molar-refractivity contribution in [1.29, 1.82) is 5.26 Å². The molecule has 0 amide bonds. The van der Waals surface area contributed by atoms with Crippen LogP contribution in [0.15, 0.2) is 6.33 Å². The van der Waals surface area contributed by atoms with Gasteiger partial charge in [0.25, 0.3) is 0 Å².